The Kier molecular flexibility index (Phi) is 9.70. The number of aromatic nitrogens is 2. The first-order chi connectivity index (χ1) is 23.5. The maximum Gasteiger partial charge on any atom is 0.414 e. The van der Waals surface area contributed by atoms with E-state index in [-0.39, 0.29) is 74.3 Å². The standard InChI is InChI=1S/C33H38F2N6O8/c34-23-15-20(40-13-14-47-32(40)46)6-7-26(23)48-18-33(49-31(45)25(37)3-1-2-10-36)8-11-39(12-9-33)29-24(35)16-21-27(42)22(30(43)44)17-41(19-4-5-19)28(21)38-29/h6-7,15-17,19,25H,1-5,8-14,18,36-37H2,(H,43,44)/t25-/m0/s1. The number of carboxylic acid groups (broad SMARTS) is 1. The van der Waals surface area contributed by atoms with Crippen molar-refractivity contribution in [2.24, 2.45) is 11.5 Å². The van der Waals surface area contributed by atoms with Gasteiger partial charge in [-0.1, -0.05) is 6.42 Å². The maximum atomic E-state index is 15.6. The van der Waals surface area contributed by atoms with Crippen molar-refractivity contribution in [1.82, 2.24) is 9.55 Å². The molecule has 49 heavy (non-hydrogen) atoms. The molecule has 3 aliphatic rings. The van der Waals surface area contributed by atoms with Crippen molar-refractivity contribution >= 4 is 40.6 Å². The number of unbranched alkanes of at least 4 members (excludes halogenated alkanes) is 1. The summed E-state index contributed by atoms with van der Waals surface area (Å²) in [4.78, 5) is 57.2. The third-order valence-corrected chi connectivity index (χ3v) is 9.15. The van der Waals surface area contributed by atoms with E-state index in [9.17, 15) is 24.3 Å². The molecule has 262 valence electrons. The molecule has 0 unspecified atom stereocenters. The molecule has 1 atom stereocenters. The minimum Gasteiger partial charge on any atom is -0.486 e. The molecule has 0 bridgehead atoms. The van der Waals surface area contributed by atoms with Crippen molar-refractivity contribution in [3.63, 3.8) is 0 Å². The molecule has 1 aromatic carbocycles. The number of carboxylic acids is 1. The van der Waals surface area contributed by atoms with Crippen LogP contribution in [0.2, 0.25) is 0 Å². The largest absolute Gasteiger partial charge is 0.486 e. The number of rotatable bonds is 13. The van der Waals surface area contributed by atoms with Crippen molar-refractivity contribution in [3.05, 3.63) is 57.9 Å². The van der Waals surface area contributed by atoms with Crippen LogP contribution < -0.4 is 31.4 Å². The van der Waals surface area contributed by atoms with Gasteiger partial charge in [0.05, 0.1) is 17.6 Å². The number of anilines is 2. The zero-order valence-corrected chi connectivity index (χ0v) is 26.7. The van der Waals surface area contributed by atoms with E-state index in [4.69, 9.17) is 25.7 Å². The van der Waals surface area contributed by atoms with Gasteiger partial charge in [-0.05, 0) is 50.4 Å². The van der Waals surface area contributed by atoms with Gasteiger partial charge >= 0.3 is 18.0 Å². The van der Waals surface area contributed by atoms with Crippen molar-refractivity contribution in [2.45, 2.75) is 62.6 Å². The summed E-state index contributed by atoms with van der Waals surface area (Å²) in [5.74, 6) is -3.75. The molecule has 0 radical (unpaired) electrons. The Morgan fingerprint density at radius 2 is 1.86 bits per heavy atom. The third kappa shape index (κ3) is 7.15. The predicted molar refractivity (Wildman–Crippen MR) is 173 cm³/mol. The van der Waals surface area contributed by atoms with Crippen LogP contribution in [0.5, 0.6) is 5.75 Å². The Bertz CT molecular complexity index is 1820. The van der Waals surface area contributed by atoms with Crippen LogP contribution in [-0.4, -0.2) is 83.7 Å². The number of cyclic esters (lactones) is 1. The van der Waals surface area contributed by atoms with Crippen LogP contribution in [0.15, 0.2) is 35.3 Å². The molecule has 6 rings (SSSR count). The summed E-state index contributed by atoms with van der Waals surface area (Å²) in [7, 11) is 0. The van der Waals surface area contributed by atoms with Gasteiger partial charge in [0, 0.05) is 44.2 Å². The molecule has 1 amide bonds. The number of piperidine rings is 1. The van der Waals surface area contributed by atoms with Gasteiger partial charge < -0.3 is 40.3 Å². The normalized spacial score (nSPS) is 18.0. The summed E-state index contributed by atoms with van der Waals surface area (Å²) in [6.07, 6.45) is 4.16. The average Bonchev–Trinajstić information content (AvgIpc) is 3.83. The fraction of sp³-hybridized carbons (Fsp3) is 0.485. The molecule has 2 aromatic heterocycles. The SMILES string of the molecule is NCCCC[C@H](N)C(=O)OC1(COc2ccc(N3CCOC3=O)cc2F)CCN(c2nc3c(cc2F)c(=O)c(C(=O)O)cn3C2CC2)CC1. The van der Waals surface area contributed by atoms with Crippen molar-refractivity contribution in [2.75, 3.05) is 49.2 Å². The van der Waals surface area contributed by atoms with E-state index in [2.05, 4.69) is 4.98 Å². The number of ether oxygens (including phenoxy) is 3. The first kappa shape index (κ1) is 34.0. The Labute approximate surface area is 279 Å². The highest BCUT2D eigenvalue weighted by molar-refractivity contribution is 5.92. The summed E-state index contributed by atoms with van der Waals surface area (Å²) in [6.45, 7) is 0.991. The molecule has 2 aliphatic heterocycles. The topological polar surface area (TPSA) is 193 Å². The van der Waals surface area contributed by atoms with E-state index < -0.39 is 52.3 Å². The van der Waals surface area contributed by atoms with E-state index in [0.29, 0.717) is 31.5 Å². The number of hydrogen-bond donors (Lipinski definition) is 3. The molecular weight excluding hydrogens is 646 g/mol. The second-order valence-corrected chi connectivity index (χ2v) is 12.6. The highest BCUT2D eigenvalue weighted by atomic mass is 19.1. The van der Waals surface area contributed by atoms with Crippen molar-refractivity contribution in [3.8, 4) is 5.75 Å². The van der Waals surface area contributed by atoms with E-state index in [1.807, 2.05) is 0 Å². The Hall–Kier alpha value is -4.83. The molecule has 14 nitrogen and oxygen atoms in total. The molecule has 1 aliphatic carbocycles. The van der Waals surface area contributed by atoms with Crippen molar-refractivity contribution < 1.29 is 42.5 Å². The van der Waals surface area contributed by atoms with Gasteiger partial charge in [0.25, 0.3) is 0 Å². The number of pyridine rings is 2. The molecule has 3 fully saturated rings. The van der Waals surface area contributed by atoms with Crippen molar-refractivity contribution in [1.29, 1.82) is 0 Å². The summed E-state index contributed by atoms with van der Waals surface area (Å²) >= 11 is 0. The number of carbonyl (C=O) groups is 3. The monoisotopic (exact) mass is 684 g/mol. The zero-order chi connectivity index (χ0) is 34.9. The number of amides is 1. The second-order valence-electron chi connectivity index (χ2n) is 12.6. The van der Waals surface area contributed by atoms with Gasteiger partial charge in [-0.2, -0.15) is 0 Å². The third-order valence-electron chi connectivity index (χ3n) is 9.15. The molecule has 1 saturated carbocycles. The average molecular weight is 685 g/mol. The van der Waals surface area contributed by atoms with Gasteiger partial charge in [0.2, 0.25) is 5.43 Å². The lowest BCUT2D eigenvalue weighted by Gasteiger charge is -2.41. The number of halogens is 2. The lowest BCUT2D eigenvalue weighted by molar-refractivity contribution is -0.168. The zero-order valence-electron chi connectivity index (χ0n) is 26.7. The number of aromatic carboxylic acids is 1. The predicted octanol–water partition coefficient (Wildman–Crippen LogP) is 3.08. The highest BCUT2D eigenvalue weighted by Crippen LogP contribution is 2.38. The molecule has 16 heteroatoms. The van der Waals surface area contributed by atoms with E-state index >= 15 is 8.78 Å². The molecular formula is C33H38F2N6O8. The quantitative estimate of drug-likeness (QED) is 0.176. The Morgan fingerprint density at radius 3 is 2.49 bits per heavy atom. The number of carbonyl (C=O) groups excluding carboxylic acids is 2. The van der Waals surface area contributed by atoms with E-state index in [0.717, 1.165) is 25.0 Å². The van der Waals surface area contributed by atoms with E-state index in [1.54, 1.807) is 9.47 Å². The Balaban J connectivity index is 1.23. The molecule has 4 heterocycles. The van der Waals surface area contributed by atoms with Crippen LogP contribution in [0.4, 0.5) is 25.1 Å². The lowest BCUT2D eigenvalue weighted by atomic mass is 9.91. The molecule has 0 spiro atoms. The molecule has 2 saturated heterocycles. The van der Waals surface area contributed by atoms with Gasteiger partial charge in [-0.15, -0.1) is 0 Å². The van der Waals surface area contributed by atoms with Gasteiger partial charge in [0.15, 0.2) is 23.2 Å². The number of nitrogens with zero attached hydrogens (tertiary/aromatic N) is 4. The summed E-state index contributed by atoms with van der Waals surface area (Å²) in [6, 6.07) is 4.10. The minimum absolute atomic E-state index is 0.0363. The number of hydrogen-bond acceptors (Lipinski definition) is 11. The van der Waals surface area contributed by atoms with Gasteiger partial charge in [0.1, 0.15) is 36.1 Å². The minimum atomic E-state index is -1.40. The molecule has 3 aromatic rings. The second kappa shape index (κ2) is 14.0. The highest BCUT2D eigenvalue weighted by Gasteiger charge is 2.42. The van der Waals surface area contributed by atoms with Gasteiger partial charge in [-0.3, -0.25) is 14.5 Å². The smallest absolute Gasteiger partial charge is 0.414 e. The van der Waals surface area contributed by atoms with Gasteiger partial charge in [-0.25, -0.2) is 23.4 Å². The first-order valence-electron chi connectivity index (χ1n) is 16.3. The fourth-order valence-corrected chi connectivity index (χ4v) is 6.17. The number of nitrogens with two attached hydrogens (primary N) is 2. The lowest BCUT2D eigenvalue weighted by Crippen LogP contribution is -2.53. The van der Waals surface area contributed by atoms with Crippen LogP contribution >= 0.6 is 0 Å². The fourth-order valence-electron chi connectivity index (χ4n) is 6.17. The van der Waals surface area contributed by atoms with Crippen LogP contribution in [0.1, 0.15) is 61.3 Å². The maximum absolute atomic E-state index is 15.6. The van der Waals surface area contributed by atoms with Crippen LogP contribution in [0.25, 0.3) is 11.0 Å². The number of esters is 1. The summed E-state index contributed by atoms with van der Waals surface area (Å²) in [5, 5.41) is 9.42. The first-order valence-corrected chi connectivity index (χ1v) is 16.3. The van der Waals surface area contributed by atoms with Crippen LogP contribution in [0.3, 0.4) is 0 Å². The Morgan fingerprint density at radius 1 is 1.10 bits per heavy atom. The van der Waals surface area contributed by atoms with Crippen LogP contribution in [-0.2, 0) is 14.3 Å². The van der Waals surface area contributed by atoms with E-state index in [1.165, 1.54) is 23.2 Å². The summed E-state index contributed by atoms with van der Waals surface area (Å²) in [5.41, 5.74) is 9.66. The van der Waals surface area contributed by atoms with Crippen LogP contribution in [0, 0.1) is 11.6 Å². The number of fused-ring (bicyclic) bond motifs is 1. The summed E-state index contributed by atoms with van der Waals surface area (Å²) < 4.78 is 49.2. The number of benzene rings is 1. The molecule has 5 N–H and O–H groups in total.